The SMILES string of the molecule is C[C@]1(c2ccc3ccccc3c2)NC(=O)N(CC(=O)N[C@@H](c2ccccc2)c2ccc(Cl)cc2)C1=O. The molecule has 0 spiro atoms. The third-order valence-electron chi connectivity index (χ3n) is 6.55. The first kappa shape index (κ1) is 23.6. The lowest BCUT2D eigenvalue weighted by Gasteiger charge is -2.23. The Morgan fingerprint density at radius 3 is 2.25 bits per heavy atom. The number of halogens is 1. The van der Waals surface area contributed by atoms with Crippen LogP contribution in [0.25, 0.3) is 10.8 Å². The number of fused-ring (bicyclic) bond motifs is 1. The van der Waals surface area contributed by atoms with Crippen molar-refractivity contribution in [2.24, 2.45) is 0 Å². The van der Waals surface area contributed by atoms with Crippen LogP contribution in [0.5, 0.6) is 0 Å². The number of carbonyl (C=O) groups excluding carboxylic acids is 3. The topological polar surface area (TPSA) is 78.5 Å². The zero-order chi connectivity index (χ0) is 25.3. The van der Waals surface area contributed by atoms with Crippen molar-refractivity contribution < 1.29 is 14.4 Å². The molecule has 5 rings (SSSR count). The predicted molar refractivity (Wildman–Crippen MR) is 139 cm³/mol. The first-order valence-electron chi connectivity index (χ1n) is 11.6. The van der Waals surface area contributed by atoms with Crippen LogP contribution in [-0.4, -0.2) is 29.3 Å². The van der Waals surface area contributed by atoms with Gasteiger partial charge >= 0.3 is 6.03 Å². The fourth-order valence-corrected chi connectivity index (χ4v) is 4.67. The van der Waals surface area contributed by atoms with Gasteiger partial charge in [0.15, 0.2) is 0 Å². The van der Waals surface area contributed by atoms with Crippen LogP contribution in [0.3, 0.4) is 0 Å². The third kappa shape index (κ3) is 4.43. The molecule has 4 aromatic carbocycles. The second-order valence-corrected chi connectivity index (χ2v) is 9.41. The van der Waals surface area contributed by atoms with E-state index in [4.69, 9.17) is 11.6 Å². The summed E-state index contributed by atoms with van der Waals surface area (Å²) in [5.41, 5.74) is 1.09. The first-order chi connectivity index (χ1) is 17.3. The second-order valence-electron chi connectivity index (χ2n) is 8.97. The van der Waals surface area contributed by atoms with Crippen molar-refractivity contribution in [2.75, 3.05) is 6.54 Å². The van der Waals surface area contributed by atoms with E-state index in [1.807, 2.05) is 84.9 Å². The minimum Gasteiger partial charge on any atom is -0.344 e. The van der Waals surface area contributed by atoms with Crippen molar-refractivity contribution in [2.45, 2.75) is 18.5 Å². The number of nitrogens with one attached hydrogen (secondary N) is 2. The van der Waals surface area contributed by atoms with Gasteiger partial charge in [0.25, 0.3) is 5.91 Å². The number of hydrogen-bond acceptors (Lipinski definition) is 3. The molecule has 0 aromatic heterocycles. The second kappa shape index (κ2) is 9.47. The molecule has 0 aliphatic carbocycles. The highest BCUT2D eigenvalue weighted by Gasteiger charge is 2.49. The summed E-state index contributed by atoms with van der Waals surface area (Å²) < 4.78 is 0. The van der Waals surface area contributed by atoms with Gasteiger partial charge in [0.05, 0.1) is 6.04 Å². The van der Waals surface area contributed by atoms with Gasteiger partial charge in [-0.3, -0.25) is 14.5 Å². The maximum Gasteiger partial charge on any atom is 0.325 e. The number of urea groups is 1. The highest BCUT2D eigenvalue weighted by atomic mass is 35.5. The molecule has 0 radical (unpaired) electrons. The minimum absolute atomic E-state index is 0.398. The monoisotopic (exact) mass is 497 g/mol. The lowest BCUT2D eigenvalue weighted by atomic mass is 9.90. The van der Waals surface area contributed by atoms with Gasteiger partial charge in [-0.2, -0.15) is 0 Å². The first-order valence-corrected chi connectivity index (χ1v) is 12.0. The summed E-state index contributed by atoms with van der Waals surface area (Å²) in [4.78, 5) is 40.3. The van der Waals surface area contributed by atoms with E-state index in [1.165, 1.54) is 0 Å². The van der Waals surface area contributed by atoms with Gasteiger partial charge in [0.2, 0.25) is 5.91 Å². The van der Waals surface area contributed by atoms with Gasteiger partial charge < -0.3 is 10.6 Å². The van der Waals surface area contributed by atoms with Crippen LogP contribution in [0.1, 0.15) is 29.7 Å². The van der Waals surface area contributed by atoms with Crippen LogP contribution >= 0.6 is 11.6 Å². The van der Waals surface area contributed by atoms with E-state index in [2.05, 4.69) is 10.6 Å². The van der Waals surface area contributed by atoms with E-state index in [0.717, 1.165) is 26.8 Å². The molecule has 0 bridgehead atoms. The summed E-state index contributed by atoms with van der Waals surface area (Å²) in [5, 5.41) is 8.34. The van der Waals surface area contributed by atoms with Crippen LogP contribution in [-0.2, 0) is 15.1 Å². The maximum atomic E-state index is 13.4. The highest BCUT2D eigenvalue weighted by Crippen LogP contribution is 2.31. The molecule has 1 heterocycles. The van der Waals surface area contributed by atoms with Crippen molar-refractivity contribution in [3.8, 4) is 0 Å². The molecule has 2 N–H and O–H groups in total. The van der Waals surface area contributed by atoms with Gasteiger partial charge in [-0.15, -0.1) is 0 Å². The maximum absolute atomic E-state index is 13.4. The van der Waals surface area contributed by atoms with Crippen LogP contribution in [0.2, 0.25) is 5.02 Å². The normalized spacial score (nSPS) is 18.2. The van der Waals surface area contributed by atoms with Gasteiger partial charge in [0, 0.05) is 5.02 Å². The Labute approximate surface area is 213 Å². The number of carbonyl (C=O) groups is 3. The molecule has 2 atom stereocenters. The van der Waals surface area contributed by atoms with Gasteiger partial charge in [0.1, 0.15) is 12.1 Å². The molecule has 1 fully saturated rings. The Morgan fingerprint density at radius 1 is 0.889 bits per heavy atom. The smallest absolute Gasteiger partial charge is 0.325 e. The van der Waals surface area contributed by atoms with E-state index in [0.29, 0.717) is 10.6 Å². The number of amides is 4. The fraction of sp³-hybridized carbons (Fsp3) is 0.138. The molecule has 0 unspecified atom stereocenters. The molecule has 1 aliphatic rings. The molecule has 4 amide bonds. The Balaban J connectivity index is 1.37. The van der Waals surface area contributed by atoms with Crippen molar-refractivity contribution in [3.05, 3.63) is 119 Å². The van der Waals surface area contributed by atoms with E-state index >= 15 is 0 Å². The minimum atomic E-state index is -1.27. The van der Waals surface area contributed by atoms with Crippen molar-refractivity contribution >= 4 is 40.2 Å². The predicted octanol–water partition coefficient (Wildman–Crippen LogP) is 5.17. The molecular weight excluding hydrogens is 474 g/mol. The lowest BCUT2D eigenvalue weighted by Crippen LogP contribution is -2.44. The van der Waals surface area contributed by atoms with Gasteiger partial charge in [-0.1, -0.05) is 90.5 Å². The number of benzene rings is 4. The summed E-state index contributed by atoms with van der Waals surface area (Å²) in [5.74, 6) is -0.925. The standard InChI is InChI=1S/C29H24ClN3O3/c1-29(23-14-11-19-7-5-6-10-22(19)17-23)27(35)33(28(36)32-29)18-25(34)31-26(20-8-3-2-4-9-20)21-12-15-24(30)16-13-21/h2-17,26H,18H2,1H3,(H,31,34)(H,32,36)/t26-,29+/m0/s1. The summed E-state index contributed by atoms with van der Waals surface area (Å²) >= 11 is 6.05. The van der Waals surface area contributed by atoms with E-state index < -0.39 is 36.0 Å². The zero-order valence-electron chi connectivity index (χ0n) is 19.6. The lowest BCUT2D eigenvalue weighted by molar-refractivity contribution is -0.135. The summed E-state index contributed by atoms with van der Waals surface area (Å²) in [7, 11) is 0. The highest BCUT2D eigenvalue weighted by molar-refractivity contribution is 6.30. The summed E-state index contributed by atoms with van der Waals surface area (Å²) in [6, 6.07) is 29.0. The van der Waals surface area contributed by atoms with Crippen molar-refractivity contribution in [1.29, 1.82) is 0 Å². The average molecular weight is 498 g/mol. The summed E-state index contributed by atoms with van der Waals surface area (Å²) in [6.07, 6.45) is 0. The average Bonchev–Trinajstić information content (AvgIpc) is 3.12. The molecule has 7 heteroatoms. The Kier molecular flexibility index (Phi) is 6.20. The molecule has 1 saturated heterocycles. The number of rotatable bonds is 6. The third-order valence-corrected chi connectivity index (χ3v) is 6.80. The molecule has 6 nitrogen and oxygen atoms in total. The number of hydrogen-bond donors (Lipinski definition) is 2. The summed E-state index contributed by atoms with van der Waals surface area (Å²) in [6.45, 7) is 1.26. The Hall–Kier alpha value is -4.16. The molecule has 36 heavy (non-hydrogen) atoms. The zero-order valence-corrected chi connectivity index (χ0v) is 20.3. The number of imide groups is 1. The molecule has 1 aliphatic heterocycles. The van der Waals surface area contributed by atoms with Crippen LogP contribution < -0.4 is 10.6 Å². The fourth-order valence-electron chi connectivity index (χ4n) is 4.55. The van der Waals surface area contributed by atoms with E-state index in [-0.39, 0.29) is 0 Å². The van der Waals surface area contributed by atoms with Gasteiger partial charge in [-0.05, 0) is 52.6 Å². The molecule has 0 saturated carbocycles. The number of nitrogens with zero attached hydrogens (tertiary/aromatic N) is 1. The molecule has 4 aromatic rings. The van der Waals surface area contributed by atoms with E-state index in [9.17, 15) is 14.4 Å². The quantitative estimate of drug-likeness (QED) is 0.361. The molecule has 180 valence electrons. The Bertz CT molecular complexity index is 1460. The van der Waals surface area contributed by atoms with E-state index in [1.54, 1.807) is 19.1 Å². The largest absolute Gasteiger partial charge is 0.344 e. The van der Waals surface area contributed by atoms with Crippen LogP contribution in [0, 0.1) is 0 Å². The van der Waals surface area contributed by atoms with Crippen LogP contribution in [0.15, 0.2) is 97.1 Å². The molecular formula is C29H24ClN3O3. The van der Waals surface area contributed by atoms with Crippen LogP contribution in [0.4, 0.5) is 4.79 Å². The van der Waals surface area contributed by atoms with Crippen molar-refractivity contribution in [3.63, 3.8) is 0 Å². The van der Waals surface area contributed by atoms with Crippen molar-refractivity contribution in [1.82, 2.24) is 15.5 Å². The Morgan fingerprint density at radius 2 is 1.53 bits per heavy atom. The van der Waals surface area contributed by atoms with Gasteiger partial charge in [-0.25, -0.2) is 4.79 Å².